The van der Waals surface area contributed by atoms with Gasteiger partial charge in [-0.05, 0) is 62.9 Å². The first-order valence-electron chi connectivity index (χ1n) is 11.4. The molecule has 1 heterocycles. The van der Waals surface area contributed by atoms with E-state index >= 15 is 0 Å². The molecule has 0 radical (unpaired) electrons. The van der Waals surface area contributed by atoms with Crippen LogP contribution >= 0.6 is 0 Å². The number of ether oxygens (including phenoxy) is 4. The van der Waals surface area contributed by atoms with Crippen LogP contribution in [-0.2, 0) is 9.47 Å². The van der Waals surface area contributed by atoms with Crippen molar-refractivity contribution in [1.82, 2.24) is 9.78 Å². The zero-order valence-electron chi connectivity index (χ0n) is 19.6. The molecule has 0 spiro atoms. The van der Waals surface area contributed by atoms with Crippen LogP contribution < -0.4 is 9.47 Å². The predicted molar refractivity (Wildman–Crippen MR) is 126 cm³/mol. The summed E-state index contributed by atoms with van der Waals surface area (Å²) in [6, 6.07) is 14.5. The monoisotopic (exact) mass is 464 g/mol. The fourth-order valence-electron chi connectivity index (χ4n) is 4.16. The van der Waals surface area contributed by atoms with Gasteiger partial charge < -0.3 is 18.9 Å². The van der Waals surface area contributed by atoms with Crippen LogP contribution in [0, 0.1) is 0 Å². The molecule has 0 amide bonds. The third-order valence-corrected chi connectivity index (χ3v) is 5.77. The van der Waals surface area contributed by atoms with E-state index in [4.69, 9.17) is 18.9 Å². The van der Waals surface area contributed by atoms with Gasteiger partial charge in [0.2, 0.25) is 0 Å². The lowest BCUT2D eigenvalue weighted by Gasteiger charge is -2.17. The number of carbonyl (C=O) groups is 2. The second-order valence-corrected chi connectivity index (χ2v) is 7.92. The first kappa shape index (κ1) is 23.4. The predicted octanol–water partition coefficient (Wildman–Crippen LogP) is 4.83. The van der Waals surface area contributed by atoms with E-state index in [0.29, 0.717) is 29.4 Å². The zero-order chi connectivity index (χ0) is 24.1. The van der Waals surface area contributed by atoms with Gasteiger partial charge in [0.25, 0.3) is 0 Å². The molecule has 1 aliphatic rings. The highest BCUT2D eigenvalue weighted by Crippen LogP contribution is 2.37. The molecule has 0 unspecified atom stereocenters. The van der Waals surface area contributed by atoms with E-state index < -0.39 is 11.9 Å². The molecule has 178 valence electrons. The molecular formula is C26H28N2O6. The van der Waals surface area contributed by atoms with E-state index in [1.165, 1.54) is 18.9 Å². The molecule has 1 saturated carbocycles. The smallest absolute Gasteiger partial charge is 0.357 e. The number of esters is 2. The lowest BCUT2D eigenvalue weighted by molar-refractivity contribution is 0.0549. The van der Waals surface area contributed by atoms with Crippen molar-refractivity contribution >= 4 is 11.9 Å². The maximum absolute atomic E-state index is 12.9. The average Bonchev–Trinajstić information content (AvgIpc) is 3.53. The Hall–Kier alpha value is -3.81. The van der Waals surface area contributed by atoms with Crippen LogP contribution in [-0.4, -0.2) is 48.6 Å². The van der Waals surface area contributed by atoms with Crippen molar-refractivity contribution in [1.29, 1.82) is 0 Å². The van der Waals surface area contributed by atoms with E-state index in [1.54, 1.807) is 24.3 Å². The number of carbonyl (C=O) groups excluding carboxylic acids is 2. The van der Waals surface area contributed by atoms with Crippen molar-refractivity contribution in [2.24, 2.45) is 0 Å². The molecule has 0 aliphatic heterocycles. The Bertz CT molecular complexity index is 1170. The molecule has 3 aromatic rings. The molecule has 1 aromatic heterocycles. The summed E-state index contributed by atoms with van der Waals surface area (Å²) in [5.74, 6) is -0.194. The maximum atomic E-state index is 12.9. The number of aromatic nitrogens is 2. The number of hydrogen-bond donors (Lipinski definition) is 0. The van der Waals surface area contributed by atoms with Crippen LogP contribution in [0.5, 0.6) is 11.5 Å². The van der Waals surface area contributed by atoms with E-state index in [2.05, 4.69) is 5.10 Å². The SMILES string of the molecule is CCOc1cc(-c2nn(-c3ccccc3)c(C(=O)OC)c2C(=O)OC)ccc1OC1CCCC1. The number of benzene rings is 2. The summed E-state index contributed by atoms with van der Waals surface area (Å²) < 4.78 is 23.4. The highest BCUT2D eigenvalue weighted by Gasteiger charge is 2.31. The largest absolute Gasteiger partial charge is 0.490 e. The van der Waals surface area contributed by atoms with Gasteiger partial charge in [0.1, 0.15) is 11.3 Å². The Labute approximate surface area is 198 Å². The van der Waals surface area contributed by atoms with Crippen LogP contribution in [0.25, 0.3) is 16.9 Å². The maximum Gasteiger partial charge on any atom is 0.357 e. The molecule has 2 aromatic carbocycles. The summed E-state index contributed by atoms with van der Waals surface area (Å²) >= 11 is 0. The van der Waals surface area contributed by atoms with Gasteiger partial charge >= 0.3 is 11.9 Å². The third-order valence-electron chi connectivity index (χ3n) is 5.77. The Kier molecular flexibility index (Phi) is 7.15. The van der Waals surface area contributed by atoms with Crippen molar-refractivity contribution in [2.45, 2.75) is 38.7 Å². The number of rotatable bonds is 8. The van der Waals surface area contributed by atoms with Crippen LogP contribution in [0.15, 0.2) is 48.5 Å². The molecule has 0 N–H and O–H groups in total. The van der Waals surface area contributed by atoms with Crippen molar-refractivity contribution in [3.63, 3.8) is 0 Å². The molecular weight excluding hydrogens is 436 g/mol. The van der Waals surface area contributed by atoms with E-state index in [-0.39, 0.29) is 23.1 Å². The Morgan fingerprint density at radius 1 is 0.971 bits per heavy atom. The van der Waals surface area contributed by atoms with Crippen molar-refractivity contribution in [2.75, 3.05) is 20.8 Å². The summed E-state index contributed by atoms with van der Waals surface area (Å²) in [4.78, 5) is 25.6. The standard InChI is InChI=1S/C26H28N2O6/c1-4-33-21-16-17(14-15-20(21)34-19-12-8-9-13-19)23-22(25(29)31-2)24(26(30)32-3)28(27-23)18-10-6-5-7-11-18/h5-7,10-11,14-16,19H,4,8-9,12-13H2,1-3H3. The number of hydrogen-bond acceptors (Lipinski definition) is 7. The van der Waals surface area contributed by atoms with Gasteiger partial charge in [0, 0.05) is 5.56 Å². The quantitative estimate of drug-likeness (QED) is 0.441. The van der Waals surface area contributed by atoms with Crippen molar-refractivity contribution in [3.8, 4) is 28.4 Å². The molecule has 1 aliphatic carbocycles. The molecule has 8 heteroatoms. The lowest BCUT2D eigenvalue weighted by atomic mass is 10.0. The van der Waals surface area contributed by atoms with E-state index in [9.17, 15) is 9.59 Å². The van der Waals surface area contributed by atoms with Gasteiger partial charge in [0.05, 0.1) is 32.6 Å². The van der Waals surface area contributed by atoms with Gasteiger partial charge in [-0.1, -0.05) is 18.2 Å². The molecule has 0 saturated heterocycles. The van der Waals surface area contributed by atoms with E-state index in [0.717, 1.165) is 25.7 Å². The molecule has 0 bridgehead atoms. The third kappa shape index (κ3) is 4.62. The summed E-state index contributed by atoms with van der Waals surface area (Å²) in [7, 11) is 2.52. The van der Waals surface area contributed by atoms with Crippen LogP contribution in [0.4, 0.5) is 0 Å². The summed E-state index contributed by atoms with van der Waals surface area (Å²) in [5, 5.41) is 4.64. The summed E-state index contributed by atoms with van der Waals surface area (Å²) in [6.07, 6.45) is 4.51. The zero-order valence-corrected chi connectivity index (χ0v) is 19.6. The second kappa shape index (κ2) is 10.4. The van der Waals surface area contributed by atoms with Gasteiger partial charge in [-0.15, -0.1) is 0 Å². The normalized spacial score (nSPS) is 13.5. The molecule has 0 atom stereocenters. The highest BCUT2D eigenvalue weighted by molar-refractivity contribution is 6.06. The number of methoxy groups -OCH3 is 2. The molecule has 4 rings (SSSR count). The number of para-hydroxylation sites is 1. The molecule has 34 heavy (non-hydrogen) atoms. The fraction of sp³-hybridized carbons (Fsp3) is 0.346. The van der Waals surface area contributed by atoms with Gasteiger partial charge in [0.15, 0.2) is 17.2 Å². The second-order valence-electron chi connectivity index (χ2n) is 7.92. The average molecular weight is 465 g/mol. The van der Waals surface area contributed by atoms with Crippen LogP contribution in [0.2, 0.25) is 0 Å². The van der Waals surface area contributed by atoms with Gasteiger partial charge in [-0.25, -0.2) is 14.3 Å². The topological polar surface area (TPSA) is 88.9 Å². The lowest BCUT2D eigenvalue weighted by Crippen LogP contribution is -2.15. The summed E-state index contributed by atoms with van der Waals surface area (Å²) in [5.41, 5.74) is 1.47. The van der Waals surface area contributed by atoms with Crippen molar-refractivity contribution in [3.05, 3.63) is 59.8 Å². The minimum atomic E-state index is -0.700. The van der Waals surface area contributed by atoms with Crippen molar-refractivity contribution < 1.29 is 28.5 Å². The molecule has 8 nitrogen and oxygen atoms in total. The van der Waals surface area contributed by atoms with Gasteiger partial charge in [-0.2, -0.15) is 5.10 Å². The molecule has 1 fully saturated rings. The first-order valence-corrected chi connectivity index (χ1v) is 11.4. The van der Waals surface area contributed by atoms with E-state index in [1.807, 2.05) is 31.2 Å². The Morgan fingerprint density at radius 2 is 1.68 bits per heavy atom. The Morgan fingerprint density at radius 3 is 2.32 bits per heavy atom. The fourth-order valence-corrected chi connectivity index (χ4v) is 4.16. The Balaban J connectivity index is 1.87. The summed E-state index contributed by atoms with van der Waals surface area (Å²) in [6.45, 7) is 2.34. The van der Waals surface area contributed by atoms with Crippen LogP contribution in [0.3, 0.4) is 0 Å². The van der Waals surface area contributed by atoms with Gasteiger partial charge in [-0.3, -0.25) is 0 Å². The first-order chi connectivity index (χ1) is 16.6. The van der Waals surface area contributed by atoms with Crippen LogP contribution in [0.1, 0.15) is 53.5 Å². The minimum absolute atomic E-state index is 0.0141. The minimum Gasteiger partial charge on any atom is -0.490 e. The highest BCUT2D eigenvalue weighted by atomic mass is 16.5. The number of nitrogens with zero attached hydrogens (tertiary/aromatic N) is 2.